The Labute approximate surface area is 130 Å². The van der Waals surface area contributed by atoms with Crippen LogP contribution in [-0.4, -0.2) is 30.6 Å². The Hall–Kier alpha value is -2.17. The summed E-state index contributed by atoms with van der Waals surface area (Å²) in [4.78, 5) is 31.2. The SMILES string of the molecule is CCCNC(=O)CN1C(=O)[C@H]2CCCC2=Nc2ccccc21. The van der Waals surface area contributed by atoms with Crippen molar-refractivity contribution in [2.24, 2.45) is 10.9 Å². The second-order valence-electron chi connectivity index (χ2n) is 5.81. The van der Waals surface area contributed by atoms with Gasteiger partial charge in [-0.25, -0.2) is 0 Å². The van der Waals surface area contributed by atoms with E-state index >= 15 is 0 Å². The molecule has 5 heteroatoms. The Kier molecular flexibility index (Phi) is 4.22. The van der Waals surface area contributed by atoms with E-state index in [-0.39, 0.29) is 24.3 Å². The molecule has 1 N–H and O–H groups in total. The van der Waals surface area contributed by atoms with Gasteiger partial charge >= 0.3 is 0 Å². The van der Waals surface area contributed by atoms with Crippen molar-refractivity contribution < 1.29 is 9.59 Å². The zero-order valence-corrected chi connectivity index (χ0v) is 12.8. The number of benzene rings is 1. The van der Waals surface area contributed by atoms with Crippen LogP contribution in [0.4, 0.5) is 11.4 Å². The second kappa shape index (κ2) is 6.30. The van der Waals surface area contributed by atoms with E-state index in [0.29, 0.717) is 6.54 Å². The van der Waals surface area contributed by atoms with E-state index in [4.69, 9.17) is 4.99 Å². The van der Waals surface area contributed by atoms with Crippen molar-refractivity contribution in [1.29, 1.82) is 0 Å². The van der Waals surface area contributed by atoms with E-state index < -0.39 is 0 Å². The van der Waals surface area contributed by atoms with Gasteiger partial charge in [-0.15, -0.1) is 0 Å². The van der Waals surface area contributed by atoms with Crippen LogP contribution in [0.1, 0.15) is 32.6 Å². The van der Waals surface area contributed by atoms with Crippen molar-refractivity contribution in [3.63, 3.8) is 0 Å². The van der Waals surface area contributed by atoms with Gasteiger partial charge in [0.05, 0.1) is 17.3 Å². The lowest BCUT2D eigenvalue weighted by molar-refractivity contribution is -0.124. The minimum atomic E-state index is -0.161. The highest BCUT2D eigenvalue weighted by Crippen LogP contribution is 2.37. The molecule has 1 aromatic carbocycles. The lowest BCUT2D eigenvalue weighted by Gasteiger charge is -2.24. The smallest absolute Gasteiger partial charge is 0.240 e. The van der Waals surface area contributed by atoms with Gasteiger partial charge in [-0.2, -0.15) is 0 Å². The third-order valence-corrected chi connectivity index (χ3v) is 4.20. The van der Waals surface area contributed by atoms with Crippen molar-refractivity contribution >= 4 is 28.9 Å². The predicted molar refractivity (Wildman–Crippen MR) is 86.5 cm³/mol. The number of para-hydroxylation sites is 2. The highest BCUT2D eigenvalue weighted by Gasteiger charge is 2.36. The number of nitrogens with zero attached hydrogens (tertiary/aromatic N) is 2. The molecule has 22 heavy (non-hydrogen) atoms. The van der Waals surface area contributed by atoms with Gasteiger partial charge in [0, 0.05) is 12.3 Å². The number of hydrogen-bond donors (Lipinski definition) is 1. The molecular formula is C17H21N3O2. The summed E-state index contributed by atoms with van der Waals surface area (Å²) in [5.74, 6) is -0.273. The molecule has 0 spiro atoms. The number of amides is 2. The first-order chi connectivity index (χ1) is 10.7. The molecule has 1 fully saturated rings. The fourth-order valence-electron chi connectivity index (χ4n) is 3.10. The third kappa shape index (κ3) is 2.75. The lowest BCUT2D eigenvalue weighted by Crippen LogP contribution is -2.43. The molecule has 0 unspecified atom stereocenters. The zero-order chi connectivity index (χ0) is 15.5. The fourth-order valence-corrected chi connectivity index (χ4v) is 3.10. The number of aliphatic imine (C=N–C) groups is 1. The predicted octanol–water partition coefficient (Wildman–Crippen LogP) is 2.43. The summed E-state index contributed by atoms with van der Waals surface area (Å²) in [7, 11) is 0. The Morgan fingerprint density at radius 1 is 1.41 bits per heavy atom. The van der Waals surface area contributed by atoms with Gasteiger partial charge in [0.15, 0.2) is 0 Å². The number of hydrogen-bond acceptors (Lipinski definition) is 3. The molecule has 0 radical (unpaired) electrons. The Balaban J connectivity index is 1.92. The highest BCUT2D eigenvalue weighted by atomic mass is 16.2. The maximum atomic E-state index is 12.9. The van der Waals surface area contributed by atoms with Crippen LogP contribution in [0.15, 0.2) is 29.3 Å². The van der Waals surface area contributed by atoms with E-state index in [1.54, 1.807) is 4.90 Å². The molecule has 1 aromatic rings. The lowest BCUT2D eigenvalue weighted by atomic mass is 10.1. The summed E-state index contributed by atoms with van der Waals surface area (Å²) in [6.45, 7) is 2.70. The standard InChI is InChI=1S/C17H21N3O2/c1-2-10-18-16(21)11-20-15-9-4-3-7-14(15)19-13-8-5-6-12(13)17(20)22/h3-4,7,9,12H,2,5-6,8,10-11H2,1H3,(H,18,21)/t12-/m0/s1. The summed E-state index contributed by atoms with van der Waals surface area (Å²) in [5, 5.41) is 2.84. The van der Waals surface area contributed by atoms with Crippen LogP contribution in [0.25, 0.3) is 0 Å². The van der Waals surface area contributed by atoms with Crippen LogP contribution in [0.5, 0.6) is 0 Å². The van der Waals surface area contributed by atoms with Crippen molar-refractivity contribution in [2.45, 2.75) is 32.6 Å². The monoisotopic (exact) mass is 299 g/mol. The maximum absolute atomic E-state index is 12.9. The molecular weight excluding hydrogens is 278 g/mol. The molecule has 1 atom stereocenters. The average molecular weight is 299 g/mol. The number of nitrogens with one attached hydrogen (secondary N) is 1. The summed E-state index contributed by atoms with van der Waals surface area (Å²) in [6, 6.07) is 7.57. The zero-order valence-electron chi connectivity index (χ0n) is 12.8. The third-order valence-electron chi connectivity index (χ3n) is 4.20. The fraction of sp³-hybridized carbons (Fsp3) is 0.471. The molecule has 0 aromatic heterocycles. The molecule has 0 bridgehead atoms. The highest BCUT2D eigenvalue weighted by molar-refractivity contribution is 6.16. The van der Waals surface area contributed by atoms with Gasteiger partial charge in [0.25, 0.3) is 0 Å². The number of carbonyl (C=O) groups excluding carboxylic acids is 2. The van der Waals surface area contributed by atoms with E-state index in [1.807, 2.05) is 31.2 Å². The van der Waals surface area contributed by atoms with E-state index in [0.717, 1.165) is 42.8 Å². The van der Waals surface area contributed by atoms with E-state index in [9.17, 15) is 9.59 Å². The van der Waals surface area contributed by atoms with E-state index in [1.165, 1.54) is 0 Å². The minimum absolute atomic E-state index is 0.00727. The molecule has 1 aliphatic heterocycles. The molecule has 116 valence electrons. The molecule has 0 saturated heterocycles. The molecule has 3 rings (SSSR count). The van der Waals surface area contributed by atoms with Gasteiger partial charge in [0.1, 0.15) is 6.54 Å². The second-order valence-corrected chi connectivity index (χ2v) is 5.81. The topological polar surface area (TPSA) is 61.8 Å². The number of anilines is 1. The van der Waals surface area contributed by atoms with Crippen LogP contribution in [0.3, 0.4) is 0 Å². The first kappa shape index (κ1) is 14.8. The molecule has 1 saturated carbocycles. The van der Waals surface area contributed by atoms with Gasteiger partial charge < -0.3 is 10.2 Å². The Morgan fingerprint density at radius 2 is 2.23 bits per heavy atom. The van der Waals surface area contributed by atoms with Crippen molar-refractivity contribution in [1.82, 2.24) is 5.32 Å². The van der Waals surface area contributed by atoms with Crippen LogP contribution >= 0.6 is 0 Å². The van der Waals surface area contributed by atoms with Crippen molar-refractivity contribution in [3.05, 3.63) is 24.3 Å². The molecule has 1 aliphatic carbocycles. The normalized spacial score (nSPS) is 20.0. The summed E-state index contributed by atoms with van der Waals surface area (Å²) >= 11 is 0. The summed E-state index contributed by atoms with van der Waals surface area (Å²) < 4.78 is 0. The molecule has 1 heterocycles. The van der Waals surface area contributed by atoms with Crippen molar-refractivity contribution in [3.8, 4) is 0 Å². The van der Waals surface area contributed by atoms with Crippen LogP contribution in [-0.2, 0) is 9.59 Å². The molecule has 2 aliphatic rings. The van der Waals surface area contributed by atoms with Crippen LogP contribution < -0.4 is 10.2 Å². The van der Waals surface area contributed by atoms with E-state index in [2.05, 4.69) is 5.32 Å². The number of rotatable bonds is 4. The Bertz CT molecular complexity index is 624. The van der Waals surface area contributed by atoms with Crippen LogP contribution in [0, 0.1) is 5.92 Å². The first-order valence-electron chi connectivity index (χ1n) is 7.95. The maximum Gasteiger partial charge on any atom is 0.240 e. The molecule has 5 nitrogen and oxygen atoms in total. The van der Waals surface area contributed by atoms with Crippen molar-refractivity contribution in [2.75, 3.05) is 18.0 Å². The molecule has 2 amide bonds. The minimum Gasteiger partial charge on any atom is -0.355 e. The largest absolute Gasteiger partial charge is 0.355 e. The summed E-state index contributed by atoms with van der Waals surface area (Å²) in [5.41, 5.74) is 2.49. The van der Waals surface area contributed by atoms with Gasteiger partial charge in [-0.05, 0) is 37.8 Å². The number of fused-ring (bicyclic) bond motifs is 2. The average Bonchev–Trinajstić information content (AvgIpc) is 2.95. The first-order valence-corrected chi connectivity index (χ1v) is 7.95. The number of carbonyl (C=O) groups is 2. The van der Waals surface area contributed by atoms with Gasteiger partial charge in [-0.3, -0.25) is 14.6 Å². The van der Waals surface area contributed by atoms with Crippen LogP contribution in [0.2, 0.25) is 0 Å². The summed E-state index contributed by atoms with van der Waals surface area (Å²) in [6.07, 6.45) is 3.58. The quantitative estimate of drug-likeness (QED) is 0.928. The Morgan fingerprint density at radius 3 is 3.05 bits per heavy atom. The van der Waals surface area contributed by atoms with Gasteiger partial charge in [0.2, 0.25) is 11.8 Å². The van der Waals surface area contributed by atoms with Gasteiger partial charge in [-0.1, -0.05) is 19.1 Å².